The molecule has 9 nitrogen and oxygen atoms in total. The Hall–Kier alpha value is -1.77. The van der Waals surface area contributed by atoms with Crippen molar-refractivity contribution < 1.29 is 37.6 Å². The van der Waals surface area contributed by atoms with Crippen molar-refractivity contribution in [3.05, 3.63) is 36.5 Å². The number of phosphoric acid groups is 1. The summed E-state index contributed by atoms with van der Waals surface area (Å²) >= 11 is 0. The molecule has 0 aliphatic carbocycles. The first-order valence-corrected chi connectivity index (χ1v) is 35.0. The topological polar surface area (TPSA) is 134 Å². The van der Waals surface area contributed by atoms with Crippen molar-refractivity contribution in [1.82, 2.24) is 0 Å². The minimum absolute atomic E-state index is 0.0511. The molecule has 2 unspecified atom stereocenters. The van der Waals surface area contributed by atoms with E-state index in [0.29, 0.717) is 6.42 Å². The van der Waals surface area contributed by atoms with E-state index >= 15 is 0 Å². The van der Waals surface area contributed by atoms with Crippen molar-refractivity contribution in [2.45, 2.75) is 354 Å². The van der Waals surface area contributed by atoms with Crippen LogP contribution in [-0.2, 0) is 32.7 Å². The summed E-state index contributed by atoms with van der Waals surface area (Å²) in [5.74, 6) is -0.834. The van der Waals surface area contributed by atoms with Gasteiger partial charge in [0.15, 0.2) is 6.10 Å². The first-order chi connectivity index (χ1) is 37.8. The number of rotatable bonds is 64. The van der Waals surface area contributed by atoms with Crippen LogP contribution in [0.3, 0.4) is 0 Å². The molecule has 0 aliphatic heterocycles. The van der Waals surface area contributed by atoms with Crippen LogP contribution in [0.4, 0.5) is 0 Å². The second-order valence-electron chi connectivity index (χ2n) is 22.7. The molecule has 0 spiro atoms. The third-order valence-electron chi connectivity index (χ3n) is 15.0. The Morgan fingerprint density at radius 2 is 0.714 bits per heavy atom. The van der Waals surface area contributed by atoms with Crippen LogP contribution in [0, 0.1) is 0 Å². The Morgan fingerprint density at radius 1 is 0.403 bits per heavy atom. The number of phosphoric ester groups is 1. The van der Waals surface area contributed by atoms with Gasteiger partial charge in [0.25, 0.3) is 0 Å². The van der Waals surface area contributed by atoms with Crippen molar-refractivity contribution in [2.75, 3.05) is 26.4 Å². The zero-order valence-electron chi connectivity index (χ0n) is 51.0. The van der Waals surface area contributed by atoms with Gasteiger partial charge in [0.2, 0.25) is 0 Å². The van der Waals surface area contributed by atoms with Crippen molar-refractivity contribution >= 4 is 19.8 Å². The maximum absolute atomic E-state index is 12.7. The third-order valence-corrected chi connectivity index (χ3v) is 16.0. The standard InChI is InChI=1S/C67H128NO8P/c1-3-5-7-9-11-13-15-17-19-20-21-22-23-24-25-26-27-28-29-30-31-32-33-34-35-36-37-38-39-40-41-42-43-44-46-47-49-51-53-55-57-59-66(69)73-63-65(64-75-77(71,72)74-62-61-68)76-67(70)60-58-56-54-52-50-48-45-18-16-14-12-10-8-6-4-2/h6,8,12,14,18,45,65H,3-5,7,9-11,13,15-17,19-44,46-64,68H2,1-2H3,(H,71,72)/b8-6-,14-12-,45-18-. The lowest BCUT2D eigenvalue weighted by Crippen LogP contribution is -2.29. The molecule has 0 saturated heterocycles. The lowest BCUT2D eigenvalue weighted by Gasteiger charge is -2.19. The number of esters is 2. The molecule has 0 bridgehead atoms. The minimum Gasteiger partial charge on any atom is -0.462 e. The Morgan fingerprint density at radius 3 is 1.06 bits per heavy atom. The van der Waals surface area contributed by atoms with E-state index in [4.69, 9.17) is 24.3 Å². The molecule has 10 heteroatoms. The van der Waals surface area contributed by atoms with E-state index in [0.717, 1.165) is 70.6 Å². The molecule has 0 amide bonds. The van der Waals surface area contributed by atoms with Gasteiger partial charge in [-0.1, -0.05) is 326 Å². The van der Waals surface area contributed by atoms with Crippen LogP contribution < -0.4 is 5.73 Å². The van der Waals surface area contributed by atoms with Gasteiger partial charge < -0.3 is 20.1 Å². The fourth-order valence-electron chi connectivity index (χ4n) is 10.1. The number of ether oxygens (including phenoxy) is 2. The number of allylic oxidation sites excluding steroid dienone is 6. The highest BCUT2D eigenvalue weighted by molar-refractivity contribution is 7.47. The fraction of sp³-hybridized carbons (Fsp3) is 0.881. The van der Waals surface area contributed by atoms with E-state index in [9.17, 15) is 19.0 Å². The van der Waals surface area contributed by atoms with Gasteiger partial charge in [0, 0.05) is 19.4 Å². The molecular formula is C67H128NO8P. The fourth-order valence-corrected chi connectivity index (χ4v) is 10.9. The van der Waals surface area contributed by atoms with Crippen LogP contribution in [-0.4, -0.2) is 49.3 Å². The molecule has 77 heavy (non-hydrogen) atoms. The molecule has 454 valence electrons. The van der Waals surface area contributed by atoms with Gasteiger partial charge in [0.05, 0.1) is 13.2 Å². The Balaban J connectivity index is 3.68. The highest BCUT2D eigenvalue weighted by Gasteiger charge is 2.26. The summed E-state index contributed by atoms with van der Waals surface area (Å²) in [6.45, 7) is 3.66. The van der Waals surface area contributed by atoms with Crippen LogP contribution in [0.15, 0.2) is 36.5 Å². The maximum Gasteiger partial charge on any atom is 0.472 e. The summed E-state index contributed by atoms with van der Waals surface area (Å²) in [4.78, 5) is 35.2. The number of carbonyl (C=O) groups excluding carboxylic acids is 2. The zero-order valence-corrected chi connectivity index (χ0v) is 51.9. The summed E-state index contributed by atoms with van der Waals surface area (Å²) in [5.41, 5.74) is 5.38. The molecule has 0 rings (SSSR count). The van der Waals surface area contributed by atoms with Gasteiger partial charge in [-0.05, 0) is 44.9 Å². The Bertz CT molecular complexity index is 1350. The highest BCUT2D eigenvalue weighted by Crippen LogP contribution is 2.43. The summed E-state index contributed by atoms with van der Waals surface area (Å²) in [6.07, 6.45) is 78.5. The van der Waals surface area contributed by atoms with Crippen LogP contribution >= 0.6 is 7.82 Å². The predicted octanol–water partition coefficient (Wildman–Crippen LogP) is 21.5. The van der Waals surface area contributed by atoms with Gasteiger partial charge in [-0.15, -0.1) is 0 Å². The normalized spacial score (nSPS) is 13.1. The molecule has 0 fully saturated rings. The van der Waals surface area contributed by atoms with E-state index < -0.39 is 26.5 Å². The predicted molar refractivity (Wildman–Crippen MR) is 330 cm³/mol. The van der Waals surface area contributed by atoms with Crippen molar-refractivity contribution in [2.24, 2.45) is 5.73 Å². The Labute approximate surface area is 477 Å². The maximum atomic E-state index is 12.7. The highest BCUT2D eigenvalue weighted by atomic mass is 31.2. The van der Waals surface area contributed by atoms with E-state index in [1.807, 2.05) is 0 Å². The zero-order chi connectivity index (χ0) is 55.9. The van der Waals surface area contributed by atoms with E-state index in [-0.39, 0.29) is 38.6 Å². The quantitative estimate of drug-likeness (QED) is 0.0264. The summed E-state index contributed by atoms with van der Waals surface area (Å²) < 4.78 is 33.0. The molecule has 0 saturated carbocycles. The molecule has 0 aromatic heterocycles. The largest absolute Gasteiger partial charge is 0.472 e. The number of hydrogen-bond donors (Lipinski definition) is 2. The SMILES string of the molecule is CC/C=C\C/C=C\C/C=C\CCCCCCCC(=O)OC(COC(=O)CCCCCCCCCCCCCCCCCCCCCCCCCCCCCCCCCCCCCCCCCCC)COP(=O)(O)OCCN. The first kappa shape index (κ1) is 75.2. The second kappa shape index (κ2) is 63.4. The number of hydrogen-bond acceptors (Lipinski definition) is 8. The second-order valence-corrected chi connectivity index (χ2v) is 24.1. The molecule has 0 aliphatic rings. The molecule has 0 radical (unpaired) electrons. The summed E-state index contributed by atoms with van der Waals surface area (Å²) in [5, 5.41) is 0. The monoisotopic (exact) mass is 1110 g/mol. The van der Waals surface area contributed by atoms with Crippen LogP contribution in [0.25, 0.3) is 0 Å². The lowest BCUT2D eigenvalue weighted by molar-refractivity contribution is -0.161. The van der Waals surface area contributed by atoms with Crippen LogP contribution in [0.1, 0.15) is 348 Å². The van der Waals surface area contributed by atoms with E-state index in [2.05, 4.69) is 50.3 Å². The van der Waals surface area contributed by atoms with E-state index in [1.54, 1.807) is 0 Å². The molecule has 2 atom stereocenters. The smallest absolute Gasteiger partial charge is 0.462 e. The minimum atomic E-state index is -4.39. The molecular weight excluding hydrogens is 978 g/mol. The number of carbonyl (C=O) groups is 2. The molecule has 0 heterocycles. The van der Waals surface area contributed by atoms with Gasteiger partial charge in [-0.25, -0.2) is 4.57 Å². The number of unbranched alkanes of at least 4 members (excludes halogenated alkanes) is 45. The van der Waals surface area contributed by atoms with Gasteiger partial charge >= 0.3 is 19.8 Å². The average molecular weight is 1110 g/mol. The van der Waals surface area contributed by atoms with Crippen molar-refractivity contribution in [3.63, 3.8) is 0 Å². The van der Waals surface area contributed by atoms with Crippen molar-refractivity contribution in [1.29, 1.82) is 0 Å². The van der Waals surface area contributed by atoms with Crippen molar-refractivity contribution in [3.8, 4) is 0 Å². The van der Waals surface area contributed by atoms with E-state index in [1.165, 1.54) is 244 Å². The van der Waals surface area contributed by atoms with Gasteiger partial charge in [0.1, 0.15) is 6.61 Å². The van der Waals surface area contributed by atoms with Crippen LogP contribution in [0.5, 0.6) is 0 Å². The molecule has 0 aromatic carbocycles. The summed E-state index contributed by atoms with van der Waals surface area (Å²) in [6, 6.07) is 0. The number of nitrogens with two attached hydrogens (primary N) is 1. The van der Waals surface area contributed by atoms with Crippen LogP contribution in [0.2, 0.25) is 0 Å². The summed E-state index contributed by atoms with van der Waals surface area (Å²) in [7, 11) is -4.39. The lowest BCUT2D eigenvalue weighted by atomic mass is 10.0. The molecule has 3 N–H and O–H groups in total. The first-order valence-electron chi connectivity index (χ1n) is 33.5. The van der Waals surface area contributed by atoms with Gasteiger partial charge in [-0.3, -0.25) is 18.6 Å². The average Bonchev–Trinajstić information content (AvgIpc) is 3.42. The van der Waals surface area contributed by atoms with Gasteiger partial charge in [-0.2, -0.15) is 0 Å². The molecule has 0 aromatic rings. The third kappa shape index (κ3) is 63.3. The Kier molecular flexibility index (Phi) is 62.0.